The van der Waals surface area contributed by atoms with Crippen LogP contribution in [0.4, 0.5) is 11.6 Å². The van der Waals surface area contributed by atoms with Gasteiger partial charge in [0.2, 0.25) is 0 Å². The normalized spacial score (nSPS) is 9.81. The first-order valence-electron chi connectivity index (χ1n) is 4.07. The molecule has 0 aromatic carbocycles. The lowest BCUT2D eigenvalue weighted by Crippen LogP contribution is -2.25. The Morgan fingerprint density at radius 1 is 1.25 bits per heavy atom. The molecular formula is C7H10IN7O. The minimum atomic E-state index is -0.740. The summed E-state index contributed by atoms with van der Waals surface area (Å²) >= 11 is 2.04. The lowest BCUT2D eigenvalue weighted by atomic mass is 10.3. The van der Waals surface area contributed by atoms with Crippen LogP contribution in [0.2, 0.25) is 0 Å². The van der Waals surface area contributed by atoms with E-state index in [1.54, 1.807) is 0 Å². The molecule has 0 fully saturated rings. The molecule has 0 aliphatic heterocycles. The van der Waals surface area contributed by atoms with Gasteiger partial charge in [-0.25, -0.2) is 9.97 Å². The van der Waals surface area contributed by atoms with E-state index in [-0.39, 0.29) is 23.3 Å². The summed E-state index contributed by atoms with van der Waals surface area (Å²) in [6.45, 7) is 0. The van der Waals surface area contributed by atoms with E-state index < -0.39 is 5.91 Å². The van der Waals surface area contributed by atoms with Gasteiger partial charge in [-0.05, 0) is 0 Å². The Labute approximate surface area is 105 Å². The molecule has 1 rings (SSSR count). The third-order valence-corrected chi connectivity index (χ3v) is 2.31. The van der Waals surface area contributed by atoms with Crippen molar-refractivity contribution < 1.29 is 4.79 Å². The molecule has 0 saturated heterocycles. The van der Waals surface area contributed by atoms with Gasteiger partial charge in [-0.1, -0.05) is 22.6 Å². The summed E-state index contributed by atoms with van der Waals surface area (Å²) in [6, 6.07) is 0. The number of anilines is 2. The van der Waals surface area contributed by atoms with Crippen LogP contribution in [0, 0.1) is 0 Å². The molecule has 9 heteroatoms. The summed E-state index contributed by atoms with van der Waals surface area (Å²) in [5.41, 5.74) is 21.5. The minimum Gasteiger partial charge on any atom is -0.382 e. The predicted octanol–water partition coefficient (Wildman–Crippen LogP) is -1.01. The summed E-state index contributed by atoms with van der Waals surface area (Å²) in [6.07, 6.45) is 0. The van der Waals surface area contributed by atoms with Crippen molar-refractivity contribution >= 4 is 46.1 Å². The van der Waals surface area contributed by atoms with Crippen LogP contribution in [-0.4, -0.2) is 21.8 Å². The fourth-order valence-electron chi connectivity index (χ4n) is 0.923. The average molecular weight is 335 g/mol. The largest absolute Gasteiger partial charge is 0.382 e. The van der Waals surface area contributed by atoms with Crippen molar-refractivity contribution in [3.63, 3.8) is 0 Å². The van der Waals surface area contributed by atoms with Crippen molar-refractivity contribution in [3.8, 4) is 0 Å². The maximum atomic E-state index is 11.5. The molecule has 86 valence electrons. The number of rotatable bonds is 2. The van der Waals surface area contributed by atoms with Crippen molar-refractivity contribution in [1.82, 2.24) is 9.97 Å². The van der Waals surface area contributed by atoms with E-state index in [0.29, 0.717) is 10.1 Å². The van der Waals surface area contributed by atoms with E-state index in [0.717, 1.165) is 0 Å². The molecule has 0 saturated carbocycles. The molecule has 8 N–H and O–H groups in total. The van der Waals surface area contributed by atoms with Gasteiger partial charge in [0.15, 0.2) is 17.5 Å². The number of halogens is 1. The molecule has 1 heterocycles. The summed E-state index contributed by atoms with van der Waals surface area (Å²) in [7, 11) is 0. The molecule has 1 aromatic heterocycles. The zero-order chi connectivity index (χ0) is 12.3. The second kappa shape index (κ2) is 4.92. The monoisotopic (exact) mass is 335 g/mol. The number of carbonyl (C=O) groups is 1. The Bertz CT molecular complexity index is 454. The van der Waals surface area contributed by atoms with Crippen LogP contribution in [0.3, 0.4) is 0 Å². The minimum absolute atomic E-state index is 0.0962. The molecule has 0 unspecified atom stereocenters. The molecule has 0 aliphatic carbocycles. The van der Waals surface area contributed by atoms with E-state index in [2.05, 4.69) is 15.0 Å². The van der Waals surface area contributed by atoms with Crippen LogP contribution in [0.25, 0.3) is 0 Å². The van der Waals surface area contributed by atoms with Gasteiger partial charge >= 0.3 is 5.91 Å². The zero-order valence-corrected chi connectivity index (χ0v) is 10.3. The second-order valence-electron chi connectivity index (χ2n) is 2.76. The molecule has 8 nitrogen and oxygen atoms in total. The number of nitrogen functional groups attached to an aromatic ring is 2. The third-order valence-electron chi connectivity index (χ3n) is 1.59. The van der Waals surface area contributed by atoms with Crippen LogP contribution in [0.15, 0.2) is 4.99 Å². The lowest BCUT2D eigenvalue weighted by molar-refractivity contribution is 0.0998. The Morgan fingerprint density at radius 2 is 1.88 bits per heavy atom. The Balaban J connectivity index is 3.24. The summed E-state index contributed by atoms with van der Waals surface area (Å²) in [4.78, 5) is 22.5. The van der Waals surface area contributed by atoms with Gasteiger partial charge < -0.3 is 22.9 Å². The van der Waals surface area contributed by atoms with E-state index in [1.807, 2.05) is 22.6 Å². The number of amides is 1. The van der Waals surface area contributed by atoms with Gasteiger partial charge in [-0.2, -0.15) is 4.99 Å². The van der Waals surface area contributed by atoms with Crippen LogP contribution >= 0.6 is 22.6 Å². The Kier molecular flexibility index (Phi) is 3.82. The third kappa shape index (κ3) is 2.68. The number of nitrogens with zero attached hydrogens (tertiary/aromatic N) is 3. The highest BCUT2D eigenvalue weighted by Crippen LogP contribution is 2.16. The first kappa shape index (κ1) is 12.4. The summed E-state index contributed by atoms with van der Waals surface area (Å²) in [5.74, 6) is -1.01. The first-order chi connectivity index (χ1) is 7.45. The first-order valence-corrected chi connectivity index (χ1v) is 5.60. The van der Waals surface area contributed by atoms with Crippen molar-refractivity contribution in [2.24, 2.45) is 16.5 Å². The summed E-state index contributed by atoms with van der Waals surface area (Å²) in [5, 5.41) is 0. The van der Waals surface area contributed by atoms with Crippen molar-refractivity contribution in [3.05, 3.63) is 11.4 Å². The van der Waals surface area contributed by atoms with Crippen LogP contribution in [0.5, 0.6) is 0 Å². The number of guanidine groups is 1. The smallest absolute Gasteiger partial charge is 0.302 e. The molecular weight excluding hydrogens is 325 g/mol. The average Bonchev–Trinajstić information content (AvgIpc) is 2.16. The lowest BCUT2D eigenvalue weighted by Gasteiger charge is -2.05. The predicted molar refractivity (Wildman–Crippen MR) is 68.7 cm³/mol. The van der Waals surface area contributed by atoms with Gasteiger partial charge in [-0.3, -0.25) is 4.79 Å². The highest BCUT2D eigenvalue weighted by Gasteiger charge is 2.15. The molecule has 0 atom stereocenters. The highest BCUT2D eigenvalue weighted by atomic mass is 127. The van der Waals surface area contributed by atoms with Crippen LogP contribution in [0.1, 0.15) is 16.2 Å². The number of aromatic nitrogens is 2. The SMILES string of the molecule is NC(N)=NC(=O)c1nc(CI)c(N)nc1N. The van der Waals surface area contributed by atoms with Gasteiger partial charge in [0.05, 0.1) is 5.69 Å². The van der Waals surface area contributed by atoms with E-state index in [9.17, 15) is 4.79 Å². The number of hydrogen-bond donors (Lipinski definition) is 4. The molecule has 16 heavy (non-hydrogen) atoms. The van der Waals surface area contributed by atoms with E-state index in [4.69, 9.17) is 22.9 Å². The Hall–Kier alpha value is -1.65. The number of hydrogen-bond acceptors (Lipinski definition) is 5. The standard InChI is InChI=1S/C7H10IN7O/c8-1-2-4(9)14-5(10)3(13-2)6(16)15-7(11)12/h1H2,(H4,9,10,14)(H4,11,12,15,16). The van der Waals surface area contributed by atoms with Gasteiger partial charge in [0.25, 0.3) is 0 Å². The fraction of sp³-hybridized carbons (Fsp3) is 0.143. The Morgan fingerprint density at radius 3 is 2.38 bits per heavy atom. The van der Waals surface area contributed by atoms with Gasteiger partial charge in [0, 0.05) is 4.43 Å². The number of carbonyl (C=O) groups excluding carboxylic acids is 1. The molecule has 0 bridgehead atoms. The molecule has 1 aromatic rings. The summed E-state index contributed by atoms with van der Waals surface area (Å²) < 4.78 is 0.499. The van der Waals surface area contributed by atoms with Crippen LogP contribution < -0.4 is 22.9 Å². The number of alkyl halides is 1. The topological polar surface area (TPSA) is 159 Å². The van der Waals surface area contributed by atoms with Crippen molar-refractivity contribution in [2.75, 3.05) is 11.5 Å². The maximum absolute atomic E-state index is 11.5. The number of aliphatic imine (C=N–C) groups is 1. The molecule has 0 aliphatic rings. The quantitative estimate of drug-likeness (QED) is 0.233. The molecule has 1 amide bonds. The van der Waals surface area contributed by atoms with Crippen molar-refractivity contribution in [1.29, 1.82) is 0 Å². The molecule has 0 radical (unpaired) electrons. The van der Waals surface area contributed by atoms with Gasteiger partial charge in [-0.15, -0.1) is 0 Å². The zero-order valence-electron chi connectivity index (χ0n) is 8.14. The van der Waals surface area contributed by atoms with E-state index >= 15 is 0 Å². The molecule has 0 spiro atoms. The number of nitrogens with two attached hydrogens (primary N) is 4. The fourth-order valence-corrected chi connectivity index (χ4v) is 1.48. The van der Waals surface area contributed by atoms with Crippen molar-refractivity contribution in [2.45, 2.75) is 4.43 Å². The second-order valence-corrected chi connectivity index (χ2v) is 3.53. The highest BCUT2D eigenvalue weighted by molar-refractivity contribution is 14.1. The maximum Gasteiger partial charge on any atom is 0.302 e. The van der Waals surface area contributed by atoms with Gasteiger partial charge in [0.1, 0.15) is 5.82 Å². The van der Waals surface area contributed by atoms with Crippen LogP contribution in [-0.2, 0) is 4.43 Å². The van der Waals surface area contributed by atoms with E-state index in [1.165, 1.54) is 0 Å².